The Morgan fingerprint density at radius 3 is 2.75 bits per heavy atom. The van der Waals surface area contributed by atoms with Crippen LogP contribution in [0.2, 0.25) is 10.0 Å². The average molecular weight is 328 g/mol. The lowest BCUT2D eigenvalue weighted by Crippen LogP contribution is -2.21. The molecular formula is C15H15Cl2NOS. The first-order chi connectivity index (χ1) is 9.58. The first kappa shape index (κ1) is 15.5. The van der Waals surface area contributed by atoms with E-state index in [1.165, 1.54) is 4.88 Å². The second-order valence-electron chi connectivity index (χ2n) is 4.59. The molecule has 0 saturated heterocycles. The third kappa shape index (κ3) is 4.06. The molecule has 2 rings (SSSR count). The van der Waals surface area contributed by atoms with Gasteiger partial charge in [0.1, 0.15) is 0 Å². The molecule has 0 N–H and O–H groups in total. The van der Waals surface area contributed by atoms with Crippen molar-refractivity contribution in [3.05, 3.63) is 56.2 Å². The van der Waals surface area contributed by atoms with Crippen molar-refractivity contribution in [2.45, 2.75) is 13.0 Å². The van der Waals surface area contributed by atoms with Gasteiger partial charge in [-0.1, -0.05) is 35.3 Å². The predicted molar refractivity (Wildman–Crippen MR) is 86.1 cm³/mol. The van der Waals surface area contributed by atoms with Crippen LogP contribution in [0.1, 0.15) is 21.7 Å². The first-order valence-corrected chi connectivity index (χ1v) is 7.89. The van der Waals surface area contributed by atoms with E-state index >= 15 is 0 Å². The Morgan fingerprint density at radius 2 is 2.05 bits per heavy atom. The van der Waals surface area contributed by atoms with Crippen LogP contribution >= 0.6 is 34.5 Å². The van der Waals surface area contributed by atoms with Gasteiger partial charge in [0.25, 0.3) is 0 Å². The standard InChI is InChI=1S/C15H15Cl2NOS/c1-18(10-11-4-3-9-20-11)8-7-14(19)12-5-2-6-13(16)15(12)17/h2-6,9H,7-8,10H2,1H3. The molecule has 1 aromatic carbocycles. The molecule has 0 saturated carbocycles. The third-order valence-corrected chi connectivity index (χ3v) is 4.66. The molecule has 1 aromatic heterocycles. The molecule has 0 aliphatic heterocycles. The van der Waals surface area contributed by atoms with Crippen molar-refractivity contribution in [3.63, 3.8) is 0 Å². The van der Waals surface area contributed by atoms with Crippen molar-refractivity contribution in [1.82, 2.24) is 4.90 Å². The number of hydrogen-bond donors (Lipinski definition) is 0. The van der Waals surface area contributed by atoms with Gasteiger partial charge in [0.2, 0.25) is 0 Å². The monoisotopic (exact) mass is 327 g/mol. The van der Waals surface area contributed by atoms with Crippen LogP contribution in [0.3, 0.4) is 0 Å². The molecule has 0 amide bonds. The summed E-state index contributed by atoms with van der Waals surface area (Å²) in [4.78, 5) is 15.6. The van der Waals surface area contributed by atoms with Crippen molar-refractivity contribution in [2.24, 2.45) is 0 Å². The normalized spacial score (nSPS) is 11.0. The number of Topliss-reactive ketones (excluding diaryl/α,β-unsaturated/α-hetero) is 1. The Balaban J connectivity index is 1.90. The van der Waals surface area contributed by atoms with Crippen LogP contribution in [-0.2, 0) is 6.54 Å². The van der Waals surface area contributed by atoms with Gasteiger partial charge in [0.15, 0.2) is 5.78 Å². The maximum absolute atomic E-state index is 12.2. The Bertz CT molecular complexity index is 584. The van der Waals surface area contributed by atoms with Crippen LogP contribution in [0.5, 0.6) is 0 Å². The van der Waals surface area contributed by atoms with E-state index in [1.807, 2.05) is 13.1 Å². The summed E-state index contributed by atoms with van der Waals surface area (Å²) in [7, 11) is 2.01. The first-order valence-electron chi connectivity index (χ1n) is 6.26. The molecule has 0 unspecified atom stereocenters. The fourth-order valence-corrected chi connectivity index (χ4v) is 3.08. The molecule has 0 aliphatic carbocycles. The van der Waals surface area contributed by atoms with Gasteiger partial charge < -0.3 is 4.90 Å². The lowest BCUT2D eigenvalue weighted by molar-refractivity contribution is 0.0968. The van der Waals surface area contributed by atoms with Gasteiger partial charge in [-0.15, -0.1) is 11.3 Å². The van der Waals surface area contributed by atoms with E-state index in [1.54, 1.807) is 29.5 Å². The molecule has 0 spiro atoms. The van der Waals surface area contributed by atoms with E-state index in [0.29, 0.717) is 28.6 Å². The summed E-state index contributed by atoms with van der Waals surface area (Å²) in [6.07, 6.45) is 0.432. The highest BCUT2D eigenvalue weighted by atomic mass is 35.5. The van der Waals surface area contributed by atoms with Gasteiger partial charge in [-0.25, -0.2) is 0 Å². The highest BCUT2D eigenvalue weighted by molar-refractivity contribution is 7.09. The zero-order valence-corrected chi connectivity index (χ0v) is 13.4. The molecule has 106 valence electrons. The minimum atomic E-state index is 0.0236. The number of nitrogens with zero attached hydrogens (tertiary/aromatic N) is 1. The van der Waals surface area contributed by atoms with Gasteiger partial charge in [0.05, 0.1) is 10.0 Å². The summed E-state index contributed by atoms with van der Waals surface area (Å²) < 4.78 is 0. The molecule has 1 heterocycles. The van der Waals surface area contributed by atoms with Gasteiger partial charge in [-0.2, -0.15) is 0 Å². The van der Waals surface area contributed by atoms with Crippen LogP contribution in [-0.4, -0.2) is 24.3 Å². The number of halogens is 2. The van der Waals surface area contributed by atoms with E-state index in [-0.39, 0.29) is 5.78 Å². The number of carbonyl (C=O) groups excluding carboxylic acids is 1. The lowest BCUT2D eigenvalue weighted by Gasteiger charge is -2.15. The van der Waals surface area contributed by atoms with Crippen LogP contribution < -0.4 is 0 Å². The van der Waals surface area contributed by atoms with Crippen LogP contribution in [0.4, 0.5) is 0 Å². The van der Waals surface area contributed by atoms with Crippen molar-refractivity contribution < 1.29 is 4.79 Å². The average Bonchev–Trinajstić information content (AvgIpc) is 2.92. The molecule has 20 heavy (non-hydrogen) atoms. The highest BCUT2D eigenvalue weighted by Gasteiger charge is 2.13. The zero-order valence-electron chi connectivity index (χ0n) is 11.1. The Morgan fingerprint density at radius 1 is 1.25 bits per heavy atom. The van der Waals surface area contributed by atoms with E-state index in [4.69, 9.17) is 23.2 Å². The second kappa shape index (κ2) is 7.23. The number of thiophene rings is 1. The van der Waals surface area contributed by atoms with Crippen LogP contribution in [0, 0.1) is 0 Å². The highest BCUT2D eigenvalue weighted by Crippen LogP contribution is 2.26. The predicted octanol–water partition coefficient (Wildman–Crippen LogP) is 4.76. The molecule has 0 radical (unpaired) electrons. The van der Waals surface area contributed by atoms with Crippen molar-refractivity contribution >= 4 is 40.3 Å². The molecular weight excluding hydrogens is 313 g/mol. The summed E-state index contributed by atoms with van der Waals surface area (Å²) in [6, 6.07) is 9.28. The number of ketones is 1. The van der Waals surface area contributed by atoms with Crippen LogP contribution in [0.15, 0.2) is 35.7 Å². The molecule has 0 atom stereocenters. The zero-order chi connectivity index (χ0) is 14.5. The van der Waals surface area contributed by atoms with Crippen molar-refractivity contribution in [2.75, 3.05) is 13.6 Å². The van der Waals surface area contributed by atoms with Crippen molar-refractivity contribution in [3.8, 4) is 0 Å². The van der Waals surface area contributed by atoms with Crippen LogP contribution in [0.25, 0.3) is 0 Å². The van der Waals surface area contributed by atoms with Gasteiger partial charge >= 0.3 is 0 Å². The quantitative estimate of drug-likeness (QED) is 0.713. The molecule has 2 nitrogen and oxygen atoms in total. The minimum Gasteiger partial charge on any atom is -0.301 e. The summed E-state index contributed by atoms with van der Waals surface area (Å²) in [6.45, 7) is 1.55. The van der Waals surface area contributed by atoms with Gasteiger partial charge in [-0.3, -0.25) is 4.79 Å². The van der Waals surface area contributed by atoms with Gasteiger partial charge in [-0.05, 0) is 30.6 Å². The molecule has 2 aromatic rings. The number of hydrogen-bond acceptors (Lipinski definition) is 3. The molecule has 5 heteroatoms. The molecule has 0 bridgehead atoms. The fraction of sp³-hybridized carbons (Fsp3) is 0.267. The Hall–Kier alpha value is -0.870. The topological polar surface area (TPSA) is 20.3 Å². The summed E-state index contributed by atoms with van der Waals surface area (Å²) in [5.41, 5.74) is 0.503. The second-order valence-corrected chi connectivity index (χ2v) is 6.41. The Labute approximate surface area is 132 Å². The smallest absolute Gasteiger partial charge is 0.165 e. The van der Waals surface area contributed by atoms with E-state index in [2.05, 4.69) is 16.3 Å². The SMILES string of the molecule is CN(CCC(=O)c1cccc(Cl)c1Cl)Cc1cccs1. The summed E-state index contributed by atoms with van der Waals surface area (Å²) in [5, 5.41) is 2.82. The lowest BCUT2D eigenvalue weighted by atomic mass is 10.1. The summed E-state index contributed by atoms with van der Waals surface area (Å²) >= 11 is 13.7. The largest absolute Gasteiger partial charge is 0.301 e. The summed E-state index contributed by atoms with van der Waals surface area (Å²) in [5.74, 6) is 0.0236. The maximum Gasteiger partial charge on any atom is 0.165 e. The van der Waals surface area contributed by atoms with Gasteiger partial charge in [0, 0.05) is 30.0 Å². The number of rotatable bonds is 6. The van der Waals surface area contributed by atoms with Crippen molar-refractivity contribution in [1.29, 1.82) is 0 Å². The minimum absolute atomic E-state index is 0.0236. The Kier molecular flexibility index (Phi) is 5.61. The fourth-order valence-electron chi connectivity index (χ4n) is 1.89. The number of carbonyl (C=O) groups is 1. The van der Waals surface area contributed by atoms with E-state index in [0.717, 1.165) is 6.54 Å². The molecule has 0 aliphatic rings. The van der Waals surface area contributed by atoms with E-state index < -0.39 is 0 Å². The third-order valence-electron chi connectivity index (χ3n) is 2.98. The maximum atomic E-state index is 12.2. The number of benzene rings is 1. The molecule has 0 fully saturated rings. The van der Waals surface area contributed by atoms with E-state index in [9.17, 15) is 4.79 Å².